The summed E-state index contributed by atoms with van der Waals surface area (Å²) in [5.41, 5.74) is 0.376. The Kier molecular flexibility index (Phi) is 4.71. The van der Waals surface area contributed by atoms with E-state index < -0.39 is 17.7 Å². The second-order valence-corrected chi connectivity index (χ2v) is 5.93. The lowest BCUT2D eigenvalue weighted by Crippen LogP contribution is -2.41. The molecule has 0 amide bonds. The monoisotopic (exact) mass is 366 g/mol. The van der Waals surface area contributed by atoms with Crippen molar-refractivity contribution in [2.75, 3.05) is 6.61 Å². The van der Waals surface area contributed by atoms with E-state index in [0.29, 0.717) is 17.9 Å². The van der Waals surface area contributed by atoms with E-state index in [9.17, 15) is 9.59 Å². The molecule has 116 valence electrons. The van der Waals surface area contributed by atoms with Crippen molar-refractivity contribution in [2.24, 2.45) is 0 Å². The number of carbonyl (C=O) groups is 2. The molecule has 0 radical (unpaired) electrons. The second kappa shape index (κ2) is 6.36. The summed E-state index contributed by atoms with van der Waals surface area (Å²) in [7, 11) is 0. The minimum Gasteiger partial charge on any atom is -0.489 e. The van der Waals surface area contributed by atoms with Gasteiger partial charge in [0.2, 0.25) is 0 Å². The molecule has 0 saturated carbocycles. The van der Waals surface area contributed by atoms with Gasteiger partial charge < -0.3 is 14.2 Å². The molecule has 1 heterocycles. The highest BCUT2D eigenvalue weighted by atomic mass is 79.9. The third-order valence-corrected chi connectivity index (χ3v) is 3.24. The van der Waals surface area contributed by atoms with E-state index in [1.54, 1.807) is 24.3 Å². The Morgan fingerprint density at radius 2 is 1.91 bits per heavy atom. The van der Waals surface area contributed by atoms with Crippen LogP contribution in [0.2, 0.25) is 0 Å². The standard InChI is InChI=1S/C16H15BrO5/c1-4-7-20-13-6-5-11(17)8-10(13)9-12-14(18)21-16(2,3)22-15(12)19/h4-6,8-9H,1,7H2,2-3H3. The maximum atomic E-state index is 12.0. The van der Waals surface area contributed by atoms with Crippen LogP contribution in [0.3, 0.4) is 0 Å². The lowest BCUT2D eigenvalue weighted by molar-refractivity contribution is -0.222. The minimum atomic E-state index is -1.26. The van der Waals surface area contributed by atoms with Crippen LogP contribution in [0.1, 0.15) is 19.4 Å². The minimum absolute atomic E-state index is 0.180. The zero-order valence-corrected chi connectivity index (χ0v) is 13.8. The average Bonchev–Trinajstić information content (AvgIpc) is 2.41. The summed E-state index contributed by atoms with van der Waals surface area (Å²) in [6, 6.07) is 5.25. The molecule has 1 saturated heterocycles. The van der Waals surface area contributed by atoms with E-state index in [1.807, 2.05) is 0 Å². The summed E-state index contributed by atoms with van der Waals surface area (Å²) < 4.78 is 16.4. The molecule has 2 rings (SSSR count). The first kappa shape index (κ1) is 16.3. The van der Waals surface area contributed by atoms with Gasteiger partial charge in [-0.2, -0.15) is 0 Å². The number of benzene rings is 1. The highest BCUT2D eigenvalue weighted by molar-refractivity contribution is 9.10. The van der Waals surface area contributed by atoms with Crippen molar-refractivity contribution in [3.63, 3.8) is 0 Å². The van der Waals surface area contributed by atoms with E-state index in [0.717, 1.165) is 4.47 Å². The largest absolute Gasteiger partial charge is 0.489 e. The Morgan fingerprint density at radius 1 is 1.27 bits per heavy atom. The topological polar surface area (TPSA) is 61.8 Å². The maximum Gasteiger partial charge on any atom is 0.348 e. The molecule has 0 N–H and O–H groups in total. The molecule has 0 spiro atoms. The number of rotatable bonds is 4. The van der Waals surface area contributed by atoms with Crippen LogP contribution in [0.5, 0.6) is 5.75 Å². The third kappa shape index (κ3) is 3.76. The first-order valence-corrected chi connectivity index (χ1v) is 7.33. The van der Waals surface area contributed by atoms with Gasteiger partial charge in [-0.15, -0.1) is 0 Å². The molecule has 5 nitrogen and oxygen atoms in total. The SMILES string of the molecule is C=CCOc1ccc(Br)cc1C=C1C(=O)OC(C)(C)OC1=O. The van der Waals surface area contributed by atoms with Gasteiger partial charge in [-0.1, -0.05) is 28.6 Å². The lowest BCUT2D eigenvalue weighted by Gasteiger charge is -2.29. The molecule has 1 aromatic carbocycles. The fourth-order valence-corrected chi connectivity index (χ4v) is 2.23. The van der Waals surface area contributed by atoms with Crippen LogP contribution < -0.4 is 4.74 Å². The fraction of sp³-hybridized carbons (Fsp3) is 0.250. The third-order valence-electron chi connectivity index (χ3n) is 2.75. The zero-order chi connectivity index (χ0) is 16.3. The molecular weight excluding hydrogens is 352 g/mol. The molecule has 1 aliphatic rings. The fourth-order valence-electron chi connectivity index (χ4n) is 1.85. The summed E-state index contributed by atoms with van der Waals surface area (Å²) in [6.07, 6.45) is 2.99. The van der Waals surface area contributed by atoms with Crippen LogP contribution in [0.15, 0.2) is 40.9 Å². The maximum absolute atomic E-state index is 12.0. The van der Waals surface area contributed by atoms with E-state index in [-0.39, 0.29) is 5.57 Å². The van der Waals surface area contributed by atoms with Gasteiger partial charge >= 0.3 is 11.9 Å². The van der Waals surface area contributed by atoms with Crippen molar-refractivity contribution in [1.29, 1.82) is 0 Å². The van der Waals surface area contributed by atoms with Gasteiger partial charge in [-0.3, -0.25) is 0 Å². The number of carbonyl (C=O) groups excluding carboxylic acids is 2. The van der Waals surface area contributed by atoms with Crippen LogP contribution in [-0.2, 0) is 19.1 Å². The van der Waals surface area contributed by atoms with Gasteiger partial charge in [-0.05, 0) is 24.3 Å². The van der Waals surface area contributed by atoms with Gasteiger partial charge in [-0.25, -0.2) is 9.59 Å². The molecule has 0 atom stereocenters. The van der Waals surface area contributed by atoms with Crippen molar-refractivity contribution >= 4 is 33.9 Å². The number of esters is 2. The second-order valence-electron chi connectivity index (χ2n) is 5.02. The predicted molar refractivity (Wildman–Crippen MR) is 84.1 cm³/mol. The van der Waals surface area contributed by atoms with Gasteiger partial charge in [0.25, 0.3) is 5.79 Å². The van der Waals surface area contributed by atoms with Crippen molar-refractivity contribution in [3.05, 3.63) is 46.5 Å². The molecule has 0 bridgehead atoms. The van der Waals surface area contributed by atoms with Crippen LogP contribution in [0.25, 0.3) is 6.08 Å². The first-order chi connectivity index (χ1) is 10.3. The van der Waals surface area contributed by atoms with Crippen LogP contribution in [0.4, 0.5) is 0 Å². The Morgan fingerprint density at radius 3 is 2.50 bits per heavy atom. The molecular formula is C16H15BrO5. The van der Waals surface area contributed by atoms with Crippen molar-refractivity contribution in [2.45, 2.75) is 19.6 Å². The summed E-state index contributed by atoms with van der Waals surface area (Å²) in [5.74, 6) is -2.20. The molecule has 0 unspecified atom stereocenters. The number of halogens is 1. The molecule has 22 heavy (non-hydrogen) atoms. The molecule has 1 fully saturated rings. The van der Waals surface area contributed by atoms with Gasteiger partial charge in [0.05, 0.1) is 0 Å². The Hall–Kier alpha value is -2.08. The summed E-state index contributed by atoms with van der Waals surface area (Å²) in [5, 5.41) is 0. The average molecular weight is 367 g/mol. The van der Waals surface area contributed by atoms with Crippen molar-refractivity contribution in [1.82, 2.24) is 0 Å². The summed E-state index contributed by atoms with van der Waals surface area (Å²) in [4.78, 5) is 23.9. The van der Waals surface area contributed by atoms with Crippen LogP contribution >= 0.6 is 15.9 Å². The van der Waals surface area contributed by atoms with E-state index >= 15 is 0 Å². The normalized spacial score (nSPS) is 16.6. The van der Waals surface area contributed by atoms with Gasteiger partial charge in [0.15, 0.2) is 0 Å². The first-order valence-electron chi connectivity index (χ1n) is 6.54. The quantitative estimate of drug-likeness (QED) is 0.354. The Balaban J connectivity index is 2.39. The lowest BCUT2D eigenvalue weighted by atomic mass is 10.1. The Bertz CT molecular complexity index is 639. The summed E-state index contributed by atoms with van der Waals surface area (Å²) in [6.45, 7) is 6.88. The van der Waals surface area contributed by atoms with E-state index in [2.05, 4.69) is 22.5 Å². The number of hydrogen-bond donors (Lipinski definition) is 0. The van der Waals surface area contributed by atoms with E-state index in [1.165, 1.54) is 19.9 Å². The molecule has 0 aliphatic carbocycles. The molecule has 6 heteroatoms. The highest BCUT2D eigenvalue weighted by Gasteiger charge is 2.38. The van der Waals surface area contributed by atoms with Gasteiger partial charge in [0, 0.05) is 23.9 Å². The van der Waals surface area contributed by atoms with Gasteiger partial charge in [0.1, 0.15) is 17.9 Å². The Labute approximate surface area is 136 Å². The van der Waals surface area contributed by atoms with Crippen molar-refractivity contribution < 1.29 is 23.8 Å². The molecule has 0 aromatic heterocycles. The number of hydrogen-bond acceptors (Lipinski definition) is 5. The predicted octanol–water partition coefficient (Wildman–Crippen LogP) is 3.23. The molecule has 1 aliphatic heterocycles. The summed E-state index contributed by atoms with van der Waals surface area (Å²) >= 11 is 3.34. The smallest absolute Gasteiger partial charge is 0.348 e. The van der Waals surface area contributed by atoms with Crippen LogP contribution in [-0.4, -0.2) is 24.3 Å². The number of cyclic esters (lactones) is 2. The number of ether oxygens (including phenoxy) is 3. The zero-order valence-electron chi connectivity index (χ0n) is 12.2. The van der Waals surface area contributed by atoms with E-state index in [4.69, 9.17) is 14.2 Å². The highest BCUT2D eigenvalue weighted by Crippen LogP contribution is 2.29. The molecule has 1 aromatic rings. The van der Waals surface area contributed by atoms with Crippen LogP contribution in [0, 0.1) is 0 Å². The van der Waals surface area contributed by atoms with Crippen molar-refractivity contribution in [3.8, 4) is 5.75 Å².